The normalized spacial score (nSPS) is 15.9. The van der Waals surface area contributed by atoms with E-state index in [4.69, 9.17) is 4.42 Å². The molecular weight excluding hydrogens is 845 g/mol. The molecule has 1 heteroatoms. The van der Waals surface area contributed by atoms with E-state index in [-0.39, 0.29) is 17.8 Å². The van der Waals surface area contributed by atoms with Crippen LogP contribution in [0.5, 0.6) is 0 Å². The summed E-state index contributed by atoms with van der Waals surface area (Å²) < 4.78 is 7.07. The first-order chi connectivity index (χ1) is 34.7. The van der Waals surface area contributed by atoms with Gasteiger partial charge in [-0.3, -0.25) is 0 Å². The van der Waals surface area contributed by atoms with E-state index < -0.39 is 0 Å². The lowest BCUT2D eigenvalue weighted by Crippen LogP contribution is -1.98. The topological polar surface area (TPSA) is 13.1 Å². The van der Waals surface area contributed by atoms with E-state index in [1.54, 1.807) is 0 Å². The van der Waals surface area contributed by atoms with Gasteiger partial charge in [-0.25, -0.2) is 0 Å². The Hall–Kier alpha value is -8.78. The number of hydrogen-bond acceptors (Lipinski definition) is 1. The molecule has 3 aliphatic rings. The molecule has 0 aliphatic heterocycles. The zero-order chi connectivity index (χ0) is 45.9. The maximum absolute atomic E-state index is 7.07. The van der Waals surface area contributed by atoms with E-state index in [0.29, 0.717) is 0 Å². The third kappa shape index (κ3) is 5.91. The van der Waals surface area contributed by atoms with Crippen LogP contribution in [0.4, 0.5) is 0 Å². The summed E-state index contributed by atoms with van der Waals surface area (Å²) in [6.07, 6.45) is 0. The van der Waals surface area contributed by atoms with Crippen LogP contribution in [0.15, 0.2) is 253 Å². The summed E-state index contributed by atoms with van der Waals surface area (Å²) in [6, 6.07) is 92.6. The van der Waals surface area contributed by atoms with Crippen molar-refractivity contribution in [2.75, 3.05) is 0 Å². The van der Waals surface area contributed by atoms with E-state index in [2.05, 4.69) is 249 Å². The van der Waals surface area contributed by atoms with Crippen LogP contribution in [0, 0.1) is 0 Å². The molecule has 0 saturated carbocycles. The van der Waals surface area contributed by atoms with E-state index >= 15 is 0 Å². The molecule has 11 aromatic carbocycles. The lowest BCUT2D eigenvalue weighted by molar-refractivity contribution is 0.670. The summed E-state index contributed by atoms with van der Waals surface area (Å²) in [4.78, 5) is 0. The highest BCUT2D eigenvalue weighted by Crippen LogP contribution is 2.53. The summed E-state index contributed by atoms with van der Waals surface area (Å²) in [5.41, 5.74) is 28.7. The van der Waals surface area contributed by atoms with E-state index in [1.165, 1.54) is 106 Å². The minimum atomic E-state index is 0.184. The van der Waals surface area contributed by atoms with E-state index in [1.807, 2.05) is 0 Å². The number of fused-ring (bicyclic) bond motifs is 12. The third-order valence-electron chi connectivity index (χ3n) is 15.7. The van der Waals surface area contributed by atoms with Crippen LogP contribution in [-0.2, 0) is 0 Å². The lowest BCUT2D eigenvalue weighted by atomic mass is 9.88. The summed E-state index contributed by atoms with van der Waals surface area (Å²) in [5.74, 6) is 0.595. The molecule has 1 aromatic heterocycles. The first kappa shape index (κ1) is 39.2. The molecule has 3 atom stereocenters. The highest BCUT2D eigenvalue weighted by molar-refractivity contribution is 6.13. The molecule has 12 aromatic rings. The fourth-order valence-electron chi connectivity index (χ4n) is 12.6. The Kier molecular flexibility index (Phi) is 8.62. The van der Waals surface area contributed by atoms with Crippen LogP contribution in [0.3, 0.4) is 0 Å². The second-order valence-electron chi connectivity index (χ2n) is 19.4. The summed E-state index contributed by atoms with van der Waals surface area (Å²) >= 11 is 0. The molecule has 3 aliphatic carbocycles. The first-order valence-corrected chi connectivity index (χ1v) is 24.6. The van der Waals surface area contributed by atoms with Crippen molar-refractivity contribution in [1.82, 2.24) is 0 Å². The van der Waals surface area contributed by atoms with Gasteiger partial charge in [0.1, 0.15) is 11.2 Å². The molecule has 0 fully saturated rings. The molecule has 0 saturated heterocycles. The average Bonchev–Trinajstić information content (AvgIpc) is 4.17. The Labute approximate surface area is 407 Å². The van der Waals surface area contributed by atoms with Crippen molar-refractivity contribution in [1.29, 1.82) is 0 Å². The van der Waals surface area contributed by atoms with Gasteiger partial charge in [-0.1, -0.05) is 206 Å². The molecule has 0 radical (unpaired) electrons. The quantitative estimate of drug-likeness (QED) is 0.162. The van der Waals surface area contributed by atoms with Crippen LogP contribution < -0.4 is 0 Å². The smallest absolute Gasteiger partial charge is 0.143 e. The van der Waals surface area contributed by atoms with Crippen molar-refractivity contribution < 1.29 is 4.42 Å². The SMILES string of the molecule is c1ccc(C2c3ccccc3-c3cc(-c4ccc5oc6c(-c7ccc8c(c7)-c7ccccc7C8c7ccccc7)cc(-c7ccc8c(c7)-c7ccccc7C8c7ccccc7)cc6c5c4)ccc32)cc1. The molecule has 0 amide bonds. The van der Waals surface area contributed by atoms with Gasteiger partial charge in [-0.05, 0) is 154 Å². The maximum Gasteiger partial charge on any atom is 0.143 e. The zero-order valence-electron chi connectivity index (χ0n) is 38.3. The molecule has 3 unspecified atom stereocenters. The fraction of sp³-hybridized carbons (Fsp3) is 0.0435. The minimum absolute atomic E-state index is 0.184. The van der Waals surface area contributed by atoms with Crippen molar-refractivity contribution in [2.24, 2.45) is 0 Å². The van der Waals surface area contributed by atoms with Gasteiger partial charge in [0.15, 0.2) is 0 Å². The Balaban J connectivity index is 0.919. The summed E-state index contributed by atoms with van der Waals surface area (Å²) in [6.45, 7) is 0. The number of benzene rings is 11. The van der Waals surface area contributed by atoms with Crippen LogP contribution >= 0.6 is 0 Å². The summed E-state index contributed by atoms with van der Waals surface area (Å²) in [5, 5.41) is 2.23. The van der Waals surface area contributed by atoms with Crippen LogP contribution in [0.2, 0.25) is 0 Å². The molecule has 1 heterocycles. The van der Waals surface area contributed by atoms with Gasteiger partial charge in [-0.15, -0.1) is 0 Å². The Morgan fingerprint density at radius 3 is 1.06 bits per heavy atom. The van der Waals surface area contributed by atoms with Crippen LogP contribution in [0.25, 0.3) is 88.7 Å². The van der Waals surface area contributed by atoms with Crippen LogP contribution in [-0.4, -0.2) is 0 Å². The minimum Gasteiger partial charge on any atom is -0.455 e. The Morgan fingerprint density at radius 2 is 0.571 bits per heavy atom. The van der Waals surface area contributed by atoms with Gasteiger partial charge in [0.25, 0.3) is 0 Å². The van der Waals surface area contributed by atoms with Crippen molar-refractivity contribution in [3.63, 3.8) is 0 Å². The predicted octanol–water partition coefficient (Wildman–Crippen LogP) is 18.1. The number of rotatable bonds is 6. The second-order valence-corrected chi connectivity index (χ2v) is 19.4. The molecule has 1 nitrogen and oxygen atoms in total. The van der Waals surface area contributed by atoms with Gasteiger partial charge in [0, 0.05) is 34.1 Å². The monoisotopic (exact) mass is 888 g/mol. The molecule has 0 spiro atoms. The lowest BCUT2D eigenvalue weighted by Gasteiger charge is -2.15. The highest BCUT2D eigenvalue weighted by Gasteiger charge is 2.33. The molecule has 70 heavy (non-hydrogen) atoms. The van der Waals surface area contributed by atoms with Gasteiger partial charge in [0.05, 0.1) is 0 Å². The Bertz CT molecular complexity index is 4060. The average molecular weight is 889 g/mol. The number of furan rings is 1. The van der Waals surface area contributed by atoms with Gasteiger partial charge < -0.3 is 4.42 Å². The molecule has 0 bridgehead atoms. The Morgan fingerprint density at radius 1 is 0.229 bits per heavy atom. The molecular formula is C69H44O. The first-order valence-electron chi connectivity index (χ1n) is 24.6. The predicted molar refractivity (Wildman–Crippen MR) is 288 cm³/mol. The van der Waals surface area contributed by atoms with Crippen molar-refractivity contribution in [2.45, 2.75) is 17.8 Å². The zero-order valence-corrected chi connectivity index (χ0v) is 38.3. The second kappa shape index (κ2) is 15.4. The largest absolute Gasteiger partial charge is 0.455 e. The molecule has 15 rings (SSSR count). The summed E-state index contributed by atoms with van der Waals surface area (Å²) in [7, 11) is 0. The number of hydrogen-bond donors (Lipinski definition) is 0. The van der Waals surface area contributed by atoms with Crippen molar-refractivity contribution in [3.05, 3.63) is 299 Å². The van der Waals surface area contributed by atoms with Gasteiger partial charge in [-0.2, -0.15) is 0 Å². The molecule has 0 N–H and O–H groups in total. The van der Waals surface area contributed by atoms with Crippen LogP contribution in [0.1, 0.15) is 67.8 Å². The van der Waals surface area contributed by atoms with Gasteiger partial charge in [0.2, 0.25) is 0 Å². The van der Waals surface area contributed by atoms with Gasteiger partial charge >= 0.3 is 0 Å². The standard InChI is InChI=1S/C69H44O/c1-4-16-42(17-5-1)66-53-25-13-10-22-50(53)60-36-45(28-32-56(60)66)46-31-35-65-63(38-46)64-41-49(47-29-33-57-61(37-47)51-23-11-14-26-54(51)67(57)43-18-6-2-7-19-43)40-59(69(64)70-65)48-30-34-58-62(39-48)52-24-12-15-27-55(52)68(58)44-20-8-3-9-21-44/h1-41,66-68H. The highest BCUT2D eigenvalue weighted by atomic mass is 16.3. The van der Waals surface area contributed by atoms with E-state index in [9.17, 15) is 0 Å². The van der Waals surface area contributed by atoms with E-state index in [0.717, 1.165) is 33.1 Å². The maximum atomic E-state index is 7.07. The van der Waals surface area contributed by atoms with Crippen molar-refractivity contribution >= 4 is 21.9 Å². The van der Waals surface area contributed by atoms with Crippen molar-refractivity contribution in [3.8, 4) is 66.8 Å². The molecule has 326 valence electrons. The fourth-order valence-corrected chi connectivity index (χ4v) is 12.6. The third-order valence-corrected chi connectivity index (χ3v) is 15.7.